The Balaban J connectivity index is 1.89. The second kappa shape index (κ2) is 4.39. The largest absolute Gasteiger partial charge is 0.465 e. The smallest absolute Gasteiger partial charge is 0.408 e. The van der Waals surface area contributed by atoms with Crippen LogP contribution in [0.25, 0.3) is 0 Å². The summed E-state index contributed by atoms with van der Waals surface area (Å²) < 4.78 is 0. The van der Waals surface area contributed by atoms with Crippen molar-refractivity contribution in [3.05, 3.63) is 11.9 Å². The van der Waals surface area contributed by atoms with Gasteiger partial charge in [-0.15, -0.1) is 0 Å². The van der Waals surface area contributed by atoms with Crippen LogP contribution in [0.2, 0.25) is 0 Å². The van der Waals surface area contributed by atoms with Crippen molar-refractivity contribution in [1.82, 2.24) is 26.2 Å². The molecular formula is C11H18N6O2. The van der Waals surface area contributed by atoms with E-state index in [0.717, 1.165) is 5.70 Å². The first-order valence-corrected chi connectivity index (χ1v) is 6.35. The third kappa shape index (κ3) is 1.92. The first-order valence-electron chi connectivity index (χ1n) is 6.35. The second-order valence-corrected chi connectivity index (χ2v) is 5.07. The Morgan fingerprint density at radius 3 is 3.21 bits per heavy atom. The molecule has 3 heterocycles. The molecule has 104 valence electrons. The quantitative estimate of drug-likeness (QED) is 0.402. The fourth-order valence-electron chi connectivity index (χ4n) is 2.68. The van der Waals surface area contributed by atoms with Crippen molar-refractivity contribution in [1.29, 1.82) is 0 Å². The Labute approximate surface area is 110 Å². The van der Waals surface area contributed by atoms with Crippen LogP contribution in [0, 0.1) is 0 Å². The summed E-state index contributed by atoms with van der Waals surface area (Å²) in [7, 11) is 0. The number of carboxylic acid groups (broad SMARTS) is 1. The van der Waals surface area contributed by atoms with Crippen molar-refractivity contribution in [2.75, 3.05) is 26.3 Å². The van der Waals surface area contributed by atoms with Gasteiger partial charge in [-0.1, -0.05) is 0 Å². The van der Waals surface area contributed by atoms with Crippen molar-refractivity contribution >= 4 is 11.9 Å². The number of hydrogen-bond donors (Lipinski definition) is 5. The normalized spacial score (nSPS) is 33.7. The maximum Gasteiger partial charge on any atom is 0.408 e. The van der Waals surface area contributed by atoms with Crippen molar-refractivity contribution in [2.45, 2.75) is 18.6 Å². The molecule has 3 rings (SSSR count). The summed E-state index contributed by atoms with van der Waals surface area (Å²) in [6.45, 7) is 4.23. The van der Waals surface area contributed by atoms with Crippen molar-refractivity contribution in [2.24, 2.45) is 4.99 Å². The third-order valence-electron chi connectivity index (χ3n) is 3.79. The highest BCUT2D eigenvalue weighted by Gasteiger charge is 2.45. The minimum atomic E-state index is -0.913. The monoisotopic (exact) mass is 266 g/mol. The fraction of sp³-hybridized carbons (Fsp3) is 0.636. The van der Waals surface area contributed by atoms with Gasteiger partial charge >= 0.3 is 6.09 Å². The van der Waals surface area contributed by atoms with Crippen LogP contribution in [-0.2, 0) is 0 Å². The lowest BCUT2D eigenvalue weighted by molar-refractivity contribution is 0.0968. The average Bonchev–Trinajstić information content (AvgIpc) is 2.83. The second-order valence-electron chi connectivity index (χ2n) is 5.07. The predicted octanol–water partition coefficient (Wildman–Crippen LogP) is -1.35. The number of amides is 1. The molecule has 5 N–H and O–H groups in total. The van der Waals surface area contributed by atoms with Crippen LogP contribution < -0.4 is 21.3 Å². The van der Waals surface area contributed by atoms with Crippen molar-refractivity contribution in [3.63, 3.8) is 0 Å². The van der Waals surface area contributed by atoms with Crippen LogP contribution >= 0.6 is 0 Å². The summed E-state index contributed by atoms with van der Waals surface area (Å²) in [4.78, 5) is 17.4. The summed E-state index contributed by atoms with van der Waals surface area (Å²) in [5.41, 5.74) is 0.266. The zero-order valence-corrected chi connectivity index (χ0v) is 10.7. The van der Waals surface area contributed by atoms with Crippen LogP contribution in [-0.4, -0.2) is 59.9 Å². The van der Waals surface area contributed by atoms with E-state index in [1.807, 2.05) is 13.1 Å². The average molecular weight is 266 g/mol. The molecule has 2 unspecified atom stereocenters. The number of carbonyl (C=O) groups is 1. The summed E-state index contributed by atoms with van der Waals surface area (Å²) in [5.74, 6) is 0.689. The van der Waals surface area contributed by atoms with Crippen LogP contribution in [0.5, 0.6) is 0 Å². The van der Waals surface area contributed by atoms with E-state index in [9.17, 15) is 9.90 Å². The third-order valence-corrected chi connectivity index (χ3v) is 3.79. The Bertz CT molecular complexity index is 462. The molecule has 0 aromatic carbocycles. The van der Waals surface area contributed by atoms with Crippen molar-refractivity contribution < 1.29 is 9.90 Å². The van der Waals surface area contributed by atoms with Gasteiger partial charge in [0.2, 0.25) is 0 Å². The van der Waals surface area contributed by atoms with Gasteiger partial charge in [0.1, 0.15) is 17.5 Å². The van der Waals surface area contributed by atoms with Gasteiger partial charge in [-0.3, -0.25) is 10.2 Å². The molecule has 0 radical (unpaired) electrons. The number of rotatable bonds is 1. The van der Waals surface area contributed by atoms with E-state index in [1.54, 1.807) is 0 Å². The molecule has 0 aromatic heterocycles. The number of aliphatic imine (C=N–C) groups is 1. The first kappa shape index (κ1) is 12.2. The van der Waals surface area contributed by atoms with Gasteiger partial charge in [0.25, 0.3) is 0 Å². The summed E-state index contributed by atoms with van der Waals surface area (Å²) in [6.07, 6.45) is 0.858. The van der Waals surface area contributed by atoms with Gasteiger partial charge in [-0.05, 0) is 6.92 Å². The zero-order chi connectivity index (χ0) is 13.5. The number of fused-ring (bicyclic) bond motifs is 1. The van der Waals surface area contributed by atoms with E-state index < -0.39 is 11.6 Å². The number of amidine groups is 1. The van der Waals surface area contributed by atoms with Gasteiger partial charge in [0.05, 0.1) is 12.4 Å². The highest BCUT2D eigenvalue weighted by molar-refractivity contribution is 5.97. The lowest BCUT2D eigenvalue weighted by Gasteiger charge is -2.43. The molecule has 0 aliphatic carbocycles. The number of hydrogen-bond acceptors (Lipinski definition) is 6. The van der Waals surface area contributed by atoms with E-state index in [-0.39, 0.29) is 6.17 Å². The Morgan fingerprint density at radius 1 is 1.63 bits per heavy atom. The molecule has 1 saturated heterocycles. The maximum absolute atomic E-state index is 11.4. The van der Waals surface area contributed by atoms with Gasteiger partial charge in [0, 0.05) is 25.8 Å². The Morgan fingerprint density at radius 2 is 2.47 bits per heavy atom. The lowest BCUT2D eigenvalue weighted by Crippen LogP contribution is -2.66. The molecule has 0 spiro atoms. The van der Waals surface area contributed by atoms with Crippen LogP contribution in [0.3, 0.4) is 0 Å². The summed E-state index contributed by atoms with van der Waals surface area (Å²) >= 11 is 0. The molecule has 0 aromatic rings. The molecule has 1 fully saturated rings. The molecule has 3 aliphatic heterocycles. The van der Waals surface area contributed by atoms with E-state index in [0.29, 0.717) is 32.1 Å². The molecular weight excluding hydrogens is 248 g/mol. The minimum absolute atomic E-state index is 0.106. The summed E-state index contributed by atoms with van der Waals surface area (Å²) in [6, 6.07) is 0. The lowest BCUT2D eigenvalue weighted by atomic mass is 9.96. The molecule has 8 nitrogen and oxygen atoms in total. The van der Waals surface area contributed by atoms with E-state index >= 15 is 0 Å². The molecule has 3 aliphatic rings. The standard InChI is InChI=1S/C11H18N6O2/c1-11(5-12-2-3-17(11)10(18)19)9-15-7-4-13-6-14-8(7)16-9/h4,8,12-14H,2-3,5-6H2,1H3,(H,15,16)(H,18,19). The Kier molecular flexibility index (Phi) is 2.83. The maximum atomic E-state index is 11.4. The fourth-order valence-corrected chi connectivity index (χ4v) is 2.68. The van der Waals surface area contributed by atoms with Crippen LogP contribution in [0.15, 0.2) is 16.9 Å². The van der Waals surface area contributed by atoms with Gasteiger partial charge < -0.3 is 21.1 Å². The topological polar surface area (TPSA) is 101 Å². The molecule has 2 atom stereocenters. The summed E-state index contributed by atoms with van der Waals surface area (Å²) in [5, 5.41) is 22.1. The van der Waals surface area contributed by atoms with E-state index in [1.165, 1.54) is 4.90 Å². The van der Waals surface area contributed by atoms with Gasteiger partial charge in [-0.2, -0.15) is 0 Å². The van der Waals surface area contributed by atoms with Gasteiger partial charge in [0.15, 0.2) is 0 Å². The van der Waals surface area contributed by atoms with Gasteiger partial charge in [-0.25, -0.2) is 9.79 Å². The van der Waals surface area contributed by atoms with Crippen LogP contribution in [0.4, 0.5) is 4.79 Å². The molecule has 19 heavy (non-hydrogen) atoms. The number of nitrogens with zero attached hydrogens (tertiary/aromatic N) is 2. The number of piperazine rings is 1. The molecule has 8 heteroatoms. The van der Waals surface area contributed by atoms with Crippen molar-refractivity contribution in [3.8, 4) is 0 Å². The Hall–Kier alpha value is -1.80. The van der Waals surface area contributed by atoms with Crippen LogP contribution in [0.1, 0.15) is 6.92 Å². The highest BCUT2D eigenvalue weighted by Crippen LogP contribution is 2.24. The SMILES string of the molecule is CC1(C2=NC3NCNC=C3N2)CNCCN1C(=O)O. The first-order chi connectivity index (χ1) is 9.11. The highest BCUT2D eigenvalue weighted by atomic mass is 16.4. The minimum Gasteiger partial charge on any atom is -0.465 e. The zero-order valence-electron chi connectivity index (χ0n) is 10.7. The van der Waals surface area contributed by atoms with E-state index in [4.69, 9.17) is 0 Å². The molecule has 0 bridgehead atoms. The molecule has 0 saturated carbocycles. The molecule has 1 amide bonds. The predicted molar refractivity (Wildman–Crippen MR) is 69.6 cm³/mol. The van der Waals surface area contributed by atoms with E-state index in [2.05, 4.69) is 26.3 Å². The number of nitrogens with one attached hydrogen (secondary N) is 4.